The molecule has 1 saturated heterocycles. The molecule has 1 N–H and O–H groups in total. The summed E-state index contributed by atoms with van der Waals surface area (Å²) in [5.74, 6) is -0.132. The molecule has 2 heterocycles. The lowest BCUT2D eigenvalue weighted by Gasteiger charge is -2.29. The summed E-state index contributed by atoms with van der Waals surface area (Å²) in [6, 6.07) is 24.2. The number of hydrogen-bond donors (Lipinski definition) is 1. The summed E-state index contributed by atoms with van der Waals surface area (Å²) >= 11 is 1.71. The van der Waals surface area contributed by atoms with E-state index in [1.54, 1.807) is 11.3 Å². The highest BCUT2D eigenvalue weighted by Gasteiger charge is 2.52. The van der Waals surface area contributed by atoms with Crippen LogP contribution < -0.4 is 5.32 Å². The molecule has 0 bridgehead atoms. The molecule has 0 atom stereocenters. The summed E-state index contributed by atoms with van der Waals surface area (Å²) in [6.07, 6.45) is 3.18. The van der Waals surface area contributed by atoms with Gasteiger partial charge in [0, 0.05) is 30.3 Å². The predicted octanol–water partition coefficient (Wildman–Crippen LogP) is 4.45. The van der Waals surface area contributed by atoms with Gasteiger partial charge in [0.15, 0.2) is 0 Å². The smallest absolute Gasteiger partial charge is 0.322 e. The van der Waals surface area contributed by atoms with Crippen LogP contribution in [-0.4, -0.2) is 40.0 Å². The van der Waals surface area contributed by atoms with Gasteiger partial charge in [-0.2, -0.15) is 0 Å². The van der Waals surface area contributed by atoms with E-state index in [1.807, 2.05) is 66.7 Å². The van der Waals surface area contributed by atoms with Gasteiger partial charge in [0.1, 0.15) is 5.54 Å². The number of thiophene rings is 1. The molecule has 2 fully saturated rings. The average Bonchev–Trinajstić information content (AvgIpc) is 3.48. The van der Waals surface area contributed by atoms with Crippen molar-refractivity contribution in [1.82, 2.24) is 15.1 Å². The number of benzene rings is 2. The van der Waals surface area contributed by atoms with Crippen LogP contribution >= 0.6 is 11.3 Å². The van der Waals surface area contributed by atoms with Crippen molar-refractivity contribution in [2.45, 2.75) is 43.8 Å². The van der Waals surface area contributed by atoms with Crippen molar-refractivity contribution in [2.24, 2.45) is 0 Å². The van der Waals surface area contributed by atoms with Gasteiger partial charge in [0.25, 0.3) is 5.91 Å². The van der Waals surface area contributed by atoms with Crippen LogP contribution in [0, 0.1) is 0 Å². The highest BCUT2D eigenvalue weighted by molar-refractivity contribution is 7.09. The standard InChI is InChI=1S/C26H27N3O2S/c30-24-26(16-20-8-3-1-4-9-20,17-21-10-5-2-6-11-21)27-25(31)29(24)19-28(22-13-14-22)18-23-12-7-15-32-23/h1-12,15,22H,13-14,16-19H2,(H,27,31). The molecule has 5 nitrogen and oxygen atoms in total. The van der Waals surface area contributed by atoms with Gasteiger partial charge in [-0.1, -0.05) is 66.7 Å². The van der Waals surface area contributed by atoms with Crippen molar-refractivity contribution >= 4 is 23.3 Å². The molecule has 1 aliphatic heterocycles. The predicted molar refractivity (Wildman–Crippen MR) is 126 cm³/mol. The summed E-state index contributed by atoms with van der Waals surface area (Å²) < 4.78 is 0. The topological polar surface area (TPSA) is 52.7 Å². The van der Waals surface area contributed by atoms with Crippen LogP contribution in [0.4, 0.5) is 4.79 Å². The highest BCUT2D eigenvalue weighted by Crippen LogP contribution is 2.32. The van der Waals surface area contributed by atoms with Crippen molar-refractivity contribution in [1.29, 1.82) is 0 Å². The van der Waals surface area contributed by atoms with Crippen LogP contribution in [0.2, 0.25) is 0 Å². The molecule has 1 aromatic heterocycles. The van der Waals surface area contributed by atoms with Gasteiger partial charge in [-0.15, -0.1) is 11.3 Å². The molecule has 3 amide bonds. The van der Waals surface area contributed by atoms with Crippen LogP contribution in [0.1, 0.15) is 28.8 Å². The Labute approximate surface area is 192 Å². The monoisotopic (exact) mass is 445 g/mol. The van der Waals surface area contributed by atoms with E-state index in [2.05, 4.69) is 21.7 Å². The first-order chi connectivity index (χ1) is 15.6. The van der Waals surface area contributed by atoms with Gasteiger partial charge in [-0.05, 0) is 35.4 Å². The SMILES string of the molecule is O=C1NC(Cc2ccccc2)(Cc2ccccc2)C(=O)N1CN(Cc1cccs1)C1CC1. The Bertz CT molecular complexity index is 1020. The maximum atomic E-state index is 13.8. The van der Waals surface area contributed by atoms with E-state index < -0.39 is 5.54 Å². The largest absolute Gasteiger partial charge is 0.326 e. The lowest BCUT2D eigenvalue weighted by molar-refractivity contribution is -0.133. The van der Waals surface area contributed by atoms with Crippen LogP contribution in [0.3, 0.4) is 0 Å². The highest BCUT2D eigenvalue weighted by atomic mass is 32.1. The molecule has 2 aliphatic rings. The number of carbonyl (C=O) groups excluding carboxylic acids is 2. The number of carbonyl (C=O) groups is 2. The molecule has 6 heteroatoms. The third-order valence-corrected chi connectivity index (χ3v) is 7.13. The van der Waals surface area contributed by atoms with Crippen LogP contribution in [0.15, 0.2) is 78.2 Å². The quantitative estimate of drug-likeness (QED) is 0.495. The Hall–Kier alpha value is -2.96. The first-order valence-electron chi connectivity index (χ1n) is 11.1. The molecule has 1 aliphatic carbocycles. The van der Waals surface area contributed by atoms with Gasteiger partial charge < -0.3 is 5.32 Å². The zero-order valence-corrected chi connectivity index (χ0v) is 18.8. The van der Waals surface area contributed by atoms with Gasteiger partial charge >= 0.3 is 6.03 Å². The Morgan fingerprint density at radius 1 is 0.906 bits per heavy atom. The fourth-order valence-corrected chi connectivity index (χ4v) is 5.24. The summed E-state index contributed by atoms with van der Waals surface area (Å²) in [4.78, 5) is 31.9. The van der Waals surface area contributed by atoms with Crippen molar-refractivity contribution < 1.29 is 9.59 Å². The second kappa shape index (κ2) is 8.88. The third kappa shape index (κ3) is 4.47. The van der Waals surface area contributed by atoms with E-state index >= 15 is 0 Å². The van der Waals surface area contributed by atoms with E-state index in [0.29, 0.717) is 25.6 Å². The molecular formula is C26H27N3O2S. The number of rotatable bonds is 9. The van der Waals surface area contributed by atoms with Crippen molar-refractivity contribution in [3.05, 3.63) is 94.2 Å². The number of hydrogen-bond acceptors (Lipinski definition) is 4. The molecule has 2 aromatic carbocycles. The second-order valence-electron chi connectivity index (χ2n) is 8.77. The second-order valence-corrected chi connectivity index (χ2v) is 9.80. The van der Waals surface area contributed by atoms with E-state index in [-0.39, 0.29) is 11.9 Å². The van der Waals surface area contributed by atoms with Crippen molar-refractivity contribution in [2.75, 3.05) is 6.67 Å². The molecule has 0 unspecified atom stereocenters. The maximum absolute atomic E-state index is 13.8. The molecule has 0 spiro atoms. The third-order valence-electron chi connectivity index (χ3n) is 6.27. The van der Waals surface area contributed by atoms with Crippen molar-refractivity contribution in [3.8, 4) is 0 Å². The molecule has 3 aromatic rings. The van der Waals surface area contributed by atoms with E-state index in [1.165, 1.54) is 9.78 Å². The number of imide groups is 1. The van der Waals surface area contributed by atoms with Crippen LogP contribution in [0.25, 0.3) is 0 Å². The molecule has 0 radical (unpaired) electrons. The average molecular weight is 446 g/mol. The molecular weight excluding hydrogens is 418 g/mol. The van der Waals surface area contributed by atoms with Gasteiger partial charge in [-0.3, -0.25) is 9.69 Å². The molecule has 1 saturated carbocycles. The van der Waals surface area contributed by atoms with Gasteiger partial charge in [0.05, 0.1) is 6.67 Å². The number of nitrogens with one attached hydrogen (secondary N) is 1. The lowest BCUT2D eigenvalue weighted by atomic mass is 9.84. The normalized spacial score (nSPS) is 17.7. The maximum Gasteiger partial charge on any atom is 0.326 e. The minimum atomic E-state index is -0.974. The minimum Gasteiger partial charge on any atom is -0.322 e. The van der Waals surface area contributed by atoms with E-state index in [0.717, 1.165) is 30.5 Å². The number of nitrogens with zero attached hydrogens (tertiary/aromatic N) is 2. The zero-order chi connectivity index (χ0) is 22.0. The zero-order valence-electron chi connectivity index (χ0n) is 17.9. The van der Waals surface area contributed by atoms with Gasteiger partial charge in [-0.25, -0.2) is 9.69 Å². The summed E-state index contributed by atoms with van der Waals surface area (Å²) in [7, 11) is 0. The Morgan fingerprint density at radius 2 is 1.53 bits per heavy atom. The van der Waals surface area contributed by atoms with Crippen LogP contribution in [0.5, 0.6) is 0 Å². The number of amides is 3. The number of urea groups is 1. The Balaban J connectivity index is 1.41. The molecule has 5 rings (SSSR count). The first kappa shape index (κ1) is 20.9. The first-order valence-corrected chi connectivity index (χ1v) is 12.0. The lowest BCUT2D eigenvalue weighted by Crippen LogP contribution is -2.51. The van der Waals surface area contributed by atoms with Crippen LogP contribution in [-0.2, 0) is 24.2 Å². The van der Waals surface area contributed by atoms with E-state index in [4.69, 9.17) is 0 Å². The fourth-order valence-electron chi connectivity index (χ4n) is 4.51. The summed E-state index contributed by atoms with van der Waals surface area (Å²) in [5, 5.41) is 5.17. The Kier molecular flexibility index (Phi) is 5.81. The van der Waals surface area contributed by atoms with Gasteiger partial charge in [0.2, 0.25) is 0 Å². The minimum absolute atomic E-state index is 0.132. The van der Waals surface area contributed by atoms with E-state index in [9.17, 15) is 9.59 Å². The molecule has 32 heavy (non-hydrogen) atoms. The summed E-state index contributed by atoms with van der Waals surface area (Å²) in [5.41, 5.74) is 1.10. The molecule has 164 valence electrons. The Morgan fingerprint density at radius 3 is 2.06 bits per heavy atom. The van der Waals surface area contributed by atoms with Crippen molar-refractivity contribution in [3.63, 3.8) is 0 Å². The summed E-state index contributed by atoms with van der Waals surface area (Å²) in [6.45, 7) is 1.10. The fraction of sp³-hybridized carbons (Fsp3) is 0.308.